The molecule has 0 spiro atoms. The molecule has 0 N–H and O–H groups in total. The summed E-state index contributed by atoms with van der Waals surface area (Å²) in [6.07, 6.45) is 0. The average molecular weight is 219 g/mol. The van der Waals surface area contributed by atoms with Crippen LogP contribution >= 0.6 is 0 Å². The van der Waals surface area contributed by atoms with Gasteiger partial charge in [-0.3, -0.25) is 0 Å². The number of hydrogen-bond donors (Lipinski definition) is 0. The van der Waals surface area contributed by atoms with Crippen molar-refractivity contribution in [1.82, 2.24) is 0 Å². The van der Waals surface area contributed by atoms with Gasteiger partial charge in [0.05, 0.1) is 12.6 Å². The van der Waals surface area contributed by atoms with Crippen LogP contribution in [0.4, 0.5) is 0 Å². The van der Waals surface area contributed by atoms with Gasteiger partial charge in [0.15, 0.2) is 0 Å². The SMILES string of the molecule is CCOc1ccc2oc(C)c(C(=O)[O-])c2c1. The van der Waals surface area contributed by atoms with Gasteiger partial charge >= 0.3 is 0 Å². The van der Waals surface area contributed by atoms with Gasteiger partial charge in [-0.2, -0.15) is 0 Å². The Morgan fingerprint density at radius 3 is 2.88 bits per heavy atom. The molecular weight excluding hydrogens is 208 g/mol. The summed E-state index contributed by atoms with van der Waals surface area (Å²) in [6, 6.07) is 5.09. The molecule has 16 heavy (non-hydrogen) atoms. The van der Waals surface area contributed by atoms with Gasteiger partial charge in [0.2, 0.25) is 0 Å². The van der Waals surface area contributed by atoms with Crippen molar-refractivity contribution in [3.05, 3.63) is 29.5 Å². The molecule has 0 unspecified atom stereocenters. The number of hydrogen-bond acceptors (Lipinski definition) is 4. The quantitative estimate of drug-likeness (QED) is 0.784. The van der Waals surface area contributed by atoms with E-state index in [0.29, 0.717) is 29.1 Å². The van der Waals surface area contributed by atoms with E-state index in [1.54, 1.807) is 25.1 Å². The number of benzene rings is 1. The Labute approximate surface area is 92.4 Å². The Balaban J connectivity index is 2.64. The fourth-order valence-electron chi connectivity index (χ4n) is 1.71. The molecule has 0 aliphatic heterocycles. The number of rotatable bonds is 3. The third-order valence-electron chi connectivity index (χ3n) is 2.35. The summed E-state index contributed by atoms with van der Waals surface area (Å²) in [7, 11) is 0. The lowest BCUT2D eigenvalue weighted by atomic mass is 10.1. The normalized spacial score (nSPS) is 10.6. The van der Waals surface area contributed by atoms with E-state index in [0.717, 1.165) is 0 Å². The Hall–Kier alpha value is -1.97. The number of aryl methyl sites for hydroxylation is 1. The van der Waals surface area contributed by atoms with E-state index >= 15 is 0 Å². The van der Waals surface area contributed by atoms with Gasteiger partial charge in [-0.1, -0.05) is 0 Å². The van der Waals surface area contributed by atoms with E-state index in [1.165, 1.54) is 0 Å². The number of ether oxygens (including phenoxy) is 1. The molecule has 4 heteroatoms. The molecule has 2 aromatic rings. The largest absolute Gasteiger partial charge is 0.545 e. The predicted molar refractivity (Wildman–Crippen MR) is 56.5 cm³/mol. The van der Waals surface area contributed by atoms with Gasteiger partial charge in [-0.05, 0) is 32.0 Å². The molecule has 0 aliphatic carbocycles. The fourth-order valence-corrected chi connectivity index (χ4v) is 1.71. The van der Waals surface area contributed by atoms with Crippen LogP contribution in [0.1, 0.15) is 23.0 Å². The van der Waals surface area contributed by atoms with E-state index < -0.39 is 5.97 Å². The maximum absolute atomic E-state index is 11.0. The van der Waals surface area contributed by atoms with Crippen molar-refractivity contribution in [2.75, 3.05) is 6.61 Å². The standard InChI is InChI=1S/C12H12O4/c1-3-15-8-4-5-10-9(6-8)11(12(13)14)7(2)16-10/h4-6H,3H2,1-2H3,(H,13,14)/p-1. The molecule has 0 fully saturated rings. The van der Waals surface area contributed by atoms with Gasteiger partial charge in [0.1, 0.15) is 17.1 Å². The lowest BCUT2D eigenvalue weighted by Gasteiger charge is -2.03. The van der Waals surface area contributed by atoms with Crippen LogP contribution in [0.5, 0.6) is 5.75 Å². The highest BCUT2D eigenvalue weighted by atomic mass is 16.5. The van der Waals surface area contributed by atoms with Crippen LogP contribution in [0.2, 0.25) is 0 Å². The van der Waals surface area contributed by atoms with E-state index in [2.05, 4.69) is 0 Å². The third-order valence-corrected chi connectivity index (χ3v) is 2.35. The highest BCUT2D eigenvalue weighted by Crippen LogP contribution is 2.28. The van der Waals surface area contributed by atoms with Crippen LogP contribution in [0.25, 0.3) is 11.0 Å². The first-order valence-corrected chi connectivity index (χ1v) is 5.00. The molecule has 1 aromatic carbocycles. The fraction of sp³-hybridized carbons (Fsp3) is 0.250. The lowest BCUT2D eigenvalue weighted by molar-refractivity contribution is -0.254. The summed E-state index contributed by atoms with van der Waals surface area (Å²) in [5.41, 5.74) is 0.622. The van der Waals surface area contributed by atoms with Crippen molar-refractivity contribution in [2.24, 2.45) is 0 Å². The molecule has 1 aromatic heterocycles. The first-order chi connectivity index (χ1) is 7.63. The summed E-state index contributed by atoms with van der Waals surface area (Å²) in [5.74, 6) is -0.258. The number of fused-ring (bicyclic) bond motifs is 1. The summed E-state index contributed by atoms with van der Waals surface area (Å²) in [5, 5.41) is 11.5. The number of carboxylic acid groups (broad SMARTS) is 1. The molecule has 0 saturated carbocycles. The van der Waals surface area contributed by atoms with Gasteiger partial charge in [0, 0.05) is 10.9 Å². The number of furan rings is 1. The zero-order chi connectivity index (χ0) is 11.7. The first-order valence-electron chi connectivity index (χ1n) is 5.00. The highest BCUT2D eigenvalue weighted by molar-refractivity contribution is 6.03. The Bertz CT molecular complexity index is 539. The van der Waals surface area contributed by atoms with Crippen LogP contribution in [-0.4, -0.2) is 12.6 Å². The average Bonchev–Trinajstić information content (AvgIpc) is 2.53. The van der Waals surface area contributed by atoms with Crippen molar-refractivity contribution >= 4 is 16.9 Å². The smallest absolute Gasteiger partial charge is 0.135 e. The van der Waals surface area contributed by atoms with E-state index in [1.807, 2.05) is 6.92 Å². The van der Waals surface area contributed by atoms with E-state index in [9.17, 15) is 9.90 Å². The summed E-state index contributed by atoms with van der Waals surface area (Å²) in [4.78, 5) is 11.0. The van der Waals surface area contributed by atoms with Gasteiger partial charge in [-0.25, -0.2) is 0 Å². The molecule has 0 radical (unpaired) electrons. The van der Waals surface area contributed by atoms with Crippen molar-refractivity contribution in [3.63, 3.8) is 0 Å². The van der Waals surface area contributed by atoms with Gasteiger partial charge < -0.3 is 19.1 Å². The minimum absolute atomic E-state index is 0.0940. The zero-order valence-corrected chi connectivity index (χ0v) is 9.07. The van der Waals surface area contributed by atoms with Crippen molar-refractivity contribution in [2.45, 2.75) is 13.8 Å². The molecule has 0 amide bonds. The number of aromatic carboxylic acids is 1. The minimum Gasteiger partial charge on any atom is -0.545 e. The molecule has 0 saturated heterocycles. The summed E-state index contributed by atoms with van der Waals surface area (Å²) < 4.78 is 10.6. The van der Waals surface area contributed by atoms with E-state index in [4.69, 9.17) is 9.15 Å². The molecule has 0 atom stereocenters. The first kappa shape index (κ1) is 10.5. The second kappa shape index (κ2) is 3.89. The Kier molecular flexibility index (Phi) is 2.56. The van der Waals surface area contributed by atoms with Crippen LogP contribution in [0, 0.1) is 6.92 Å². The number of carbonyl (C=O) groups excluding carboxylic acids is 1. The summed E-state index contributed by atoms with van der Waals surface area (Å²) >= 11 is 0. The minimum atomic E-state index is -1.23. The second-order valence-corrected chi connectivity index (χ2v) is 3.41. The van der Waals surface area contributed by atoms with Gasteiger partial charge in [0.25, 0.3) is 0 Å². The molecule has 84 valence electrons. The molecule has 2 rings (SSSR count). The Morgan fingerprint density at radius 1 is 1.50 bits per heavy atom. The van der Waals surface area contributed by atoms with Crippen molar-refractivity contribution in [3.8, 4) is 5.75 Å². The lowest BCUT2D eigenvalue weighted by Crippen LogP contribution is -2.22. The van der Waals surface area contributed by atoms with Crippen LogP contribution < -0.4 is 9.84 Å². The van der Waals surface area contributed by atoms with E-state index in [-0.39, 0.29) is 5.56 Å². The van der Waals surface area contributed by atoms with Crippen LogP contribution in [0.15, 0.2) is 22.6 Å². The predicted octanol–water partition coefficient (Wildman–Crippen LogP) is 1.50. The van der Waals surface area contributed by atoms with Gasteiger partial charge in [-0.15, -0.1) is 0 Å². The number of carboxylic acids is 1. The highest BCUT2D eigenvalue weighted by Gasteiger charge is 2.12. The Morgan fingerprint density at radius 2 is 2.25 bits per heavy atom. The molecular formula is C12H11O4-. The maximum Gasteiger partial charge on any atom is 0.135 e. The monoisotopic (exact) mass is 219 g/mol. The van der Waals surface area contributed by atoms with Crippen LogP contribution in [0.3, 0.4) is 0 Å². The second-order valence-electron chi connectivity index (χ2n) is 3.41. The summed E-state index contributed by atoms with van der Waals surface area (Å²) in [6.45, 7) is 4.00. The molecule has 1 heterocycles. The molecule has 0 aliphatic rings. The zero-order valence-electron chi connectivity index (χ0n) is 9.07. The van der Waals surface area contributed by atoms with Crippen molar-refractivity contribution in [1.29, 1.82) is 0 Å². The van der Waals surface area contributed by atoms with Crippen molar-refractivity contribution < 1.29 is 19.1 Å². The molecule has 0 bridgehead atoms. The maximum atomic E-state index is 11.0. The topological polar surface area (TPSA) is 62.5 Å². The number of carbonyl (C=O) groups is 1. The molecule has 4 nitrogen and oxygen atoms in total. The third kappa shape index (κ3) is 1.62. The van der Waals surface area contributed by atoms with Crippen LogP contribution in [-0.2, 0) is 0 Å².